The molecule has 0 radical (unpaired) electrons. The van der Waals surface area contributed by atoms with Crippen molar-refractivity contribution in [1.82, 2.24) is 24.1 Å². The van der Waals surface area contributed by atoms with Crippen LogP contribution in [0.15, 0.2) is 220 Å². The van der Waals surface area contributed by atoms with Crippen LogP contribution in [0.1, 0.15) is 52.7 Å². The fourth-order valence-corrected chi connectivity index (χ4v) is 13.6. The topological polar surface area (TPSA) is 48.5 Å². The highest BCUT2D eigenvalue weighted by molar-refractivity contribution is 8.34. The molecule has 0 aliphatic heterocycles. The molecule has 5 nitrogen and oxygen atoms in total. The Labute approximate surface area is 382 Å². The molecule has 0 amide bonds. The zero-order valence-corrected chi connectivity index (χ0v) is 38.5. The number of para-hydroxylation sites is 3. The molecule has 65 heavy (non-hydrogen) atoms. The molecule has 0 bridgehead atoms. The summed E-state index contributed by atoms with van der Waals surface area (Å²) in [7, 11) is -1.98. The third kappa shape index (κ3) is 6.66. The SMILES string of the molecule is CC(C)(C)c1cc(C(C)(C)C)c2c(c1)c1ccccc1n2-c1nc(-c2cccc(S(c3ccccc3)(c3ccccc3)c3ccccc3)c2)nc(-n2c3ccccc3c3ccccc32)n1. The van der Waals surface area contributed by atoms with Crippen molar-refractivity contribution < 1.29 is 0 Å². The van der Waals surface area contributed by atoms with Gasteiger partial charge >= 0.3 is 0 Å². The summed E-state index contributed by atoms with van der Waals surface area (Å²) in [5, 5.41) is 4.67. The Hall–Kier alpha value is -7.28. The maximum absolute atomic E-state index is 5.59. The largest absolute Gasteiger partial charge is 0.278 e. The van der Waals surface area contributed by atoms with Gasteiger partial charge in [0.15, 0.2) is 5.82 Å². The van der Waals surface area contributed by atoms with Crippen LogP contribution in [0.5, 0.6) is 0 Å². The lowest BCUT2D eigenvalue weighted by molar-refractivity contribution is 0.572. The lowest BCUT2D eigenvalue weighted by Crippen LogP contribution is -2.18. The highest BCUT2D eigenvalue weighted by Gasteiger charge is 2.34. The van der Waals surface area contributed by atoms with Crippen molar-refractivity contribution in [3.8, 4) is 23.3 Å². The maximum Gasteiger partial charge on any atom is 0.240 e. The molecular weight excluding hydrogens is 811 g/mol. The second-order valence-electron chi connectivity index (χ2n) is 19.0. The molecule has 0 spiro atoms. The van der Waals surface area contributed by atoms with E-state index in [1.807, 2.05) is 0 Å². The van der Waals surface area contributed by atoms with Crippen LogP contribution in [-0.4, -0.2) is 24.1 Å². The van der Waals surface area contributed by atoms with Crippen molar-refractivity contribution in [1.29, 1.82) is 0 Å². The van der Waals surface area contributed by atoms with Crippen LogP contribution in [0.2, 0.25) is 0 Å². The van der Waals surface area contributed by atoms with Gasteiger partial charge in [-0.3, -0.25) is 9.13 Å². The van der Waals surface area contributed by atoms with E-state index in [4.69, 9.17) is 15.0 Å². The summed E-state index contributed by atoms with van der Waals surface area (Å²) in [6.45, 7) is 13.8. The van der Waals surface area contributed by atoms with Crippen LogP contribution in [0.3, 0.4) is 0 Å². The quantitative estimate of drug-likeness (QED) is 0.160. The number of aromatic nitrogens is 5. The molecule has 3 aromatic heterocycles. The van der Waals surface area contributed by atoms with Crippen molar-refractivity contribution >= 4 is 53.6 Å². The van der Waals surface area contributed by atoms with Gasteiger partial charge in [0.2, 0.25) is 11.9 Å². The number of hydrogen-bond acceptors (Lipinski definition) is 3. The summed E-state index contributed by atoms with van der Waals surface area (Å²) in [5.41, 5.74) is 7.48. The fraction of sp³-hybridized carbons (Fsp3) is 0.136. The van der Waals surface area contributed by atoms with Gasteiger partial charge in [-0.25, -0.2) is 0 Å². The van der Waals surface area contributed by atoms with Gasteiger partial charge < -0.3 is 0 Å². The lowest BCUT2D eigenvalue weighted by Gasteiger charge is -2.42. The maximum atomic E-state index is 5.59. The van der Waals surface area contributed by atoms with Gasteiger partial charge in [-0.15, -0.1) is 10.0 Å². The van der Waals surface area contributed by atoms with Crippen molar-refractivity contribution in [3.05, 3.63) is 211 Å². The minimum Gasteiger partial charge on any atom is -0.278 e. The smallest absolute Gasteiger partial charge is 0.240 e. The van der Waals surface area contributed by atoms with Crippen molar-refractivity contribution in [2.75, 3.05) is 0 Å². The van der Waals surface area contributed by atoms with E-state index in [0.717, 1.165) is 38.4 Å². The predicted molar refractivity (Wildman–Crippen MR) is 271 cm³/mol. The van der Waals surface area contributed by atoms with E-state index in [0.29, 0.717) is 17.7 Å². The number of benzene rings is 8. The van der Waals surface area contributed by atoms with Crippen LogP contribution >= 0.6 is 10.0 Å². The number of hydrogen-bond donors (Lipinski definition) is 0. The Bertz CT molecular complexity index is 3410. The van der Waals surface area contributed by atoms with E-state index in [9.17, 15) is 0 Å². The molecule has 6 heteroatoms. The first-order valence-corrected chi connectivity index (χ1v) is 24.1. The average molecular weight is 862 g/mol. The number of rotatable bonds is 7. The standard InChI is InChI=1S/C59H51N5S/c1-58(2,3)41-38-49-48-33-18-21-36-53(48)64(54(49)50(39-41)59(4,5)6)57-61-55(60-56(62-57)63-51-34-19-16-31-46(51)47-32-17-20-35-52(47)63)40-23-22-30-45(37-40)65(42-24-10-7-11-25-42,43-26-12-8-13-27-43)44-28-14-9-15-29-44/h7-39H,1-6H3. The van der Waals surface area contributed by atoms with E-state index in [1.54, 1.807) is 0 Å². The monoisotopic (exact) mass is 861 g/mol. The molecule has 318 valence electrons. The molecule has 0 N–H and O–H groups in total. The molecule has 0 saturated carbocycles. The summed E-state index contributed by atoms with van der Waals surface area (Å²) >= 11 is 0. The van der Waals surface area contributed by atoms with E-state index < -0.39 is 10.0 Å². The second kappa shape index (κ2) is 15.5. The van der Waals surface area contributed by atoms with Gasteiger partial charge in [0, 0.05) is 46.7 Å². The van der Waals surface area contributed by atoms with Crippen LogP contribution < -0.4 is 0 Å². The molecule has 3 heterocycles. The van der Waals surface area contributed by atoms with Crippen molar-refractivity contribution in [2.45, 2.75) is 72.0 Å². The third-order valence-corrected chi connectivity index (χ3v) is 16.7. The van der Waals surface area contributed by atoms with Crippen molar-refractivity contribution in [2.24, 2.45) is 0 Å². The summed E-state index contributed by atoms with van der Waals surface area (Å²) in [4.78, 5) is 21.6. The predicted octanol–water partition coefficient (Wildman–Crippen LogP) is 15.7. The van der Waals surface area contributed by atoms with Gasteiger partial charge in [0.25, 0.3) is 0 Å². The normalized spacial score (nSPS) is 12.7. The molecule has 8 aromatic carbocycles. The molecule has 11 rings (SSSR count). The summed E-state index contributed by atoms with van der Waals surface area (Å²) in [6.07, 6.45) is 0. The van der Waals surface area contributed by atoms with Gasteiger partial charge in [-0.1, -0.05) is 169 Å². The Morgan fingerprint density at radius 3 is 1.29 bits per heavy atom. The molecule has 11 aromatic rings. The van der Waals surface area contributed by atoms with Gasteiger partial charge in [0.1, 0.15) is 0 Å². The molecule has 0 atom stereocenters. The average Bonchev–Trinajstić information content (AvgIpc) is 3.85. The molecular formula is C59H51N5S. The van der Waals surface area contributed by atoms with Crippen LogP contribution in [0, 0.1) is 0 Å². The zero-order valence-electron chi connectivity index (χ0n) is 37.7. The van der Waals surface area contributed by atoms with E-state index in [-0.39, 0.29) is 10.8 Å². The molecule has 0 aliphatic rings. The van der Waals surface area contributed by atoms with Gasteiger partial charge in [0.05, 0.1) is 22.1 Å². The first kappa shape index (κ1) is 40.5. The van der Waals surface area contributed by atoms with Crippen LogP contribution in [0.4, 0.5) is 0 Å². The third-order valence-electron chi connectivity index (χ3n) is 12.8. The molecule has 0 saturated heterocycles. The first-order valence-electron chi connectivity index (χ1n) is 22.4. The molecule has 0 aliphatic carbocycles. The highest BCUT2D eigenvalue weighted by Crippen LogP contribution is 2.73. The Morgan fingerprint density at radius 2 is 0.800 bits per heavy atom. The van der Waals surface area contributed by atoms with Crippen LogP contribution in [-0.2, 0) is 10.8 Å². The van der Waals surface area contributed by atoms with E-state index in [2.05, 4.69) is 251 Å². The Morgan fingerprint density at radius 1 is 0.369 bits per heavy atom. The Balaban J connectivity index is 1.25. The second-order valence-corrected chi connectivity index (χ2v) is 22.1. The summed E-state index contributed by atoms with van der Waals surface area (Å²) in [6, 6.07) is 72.5. The van der Waals surface area contributed by atoms with E-state index in [1.165, 1.54) is 41.5 Å². The number of nitrogens with zero attached hydrogens (tertiary/aromatic N) is 5. The van der Waals surface area contributed by atoms with Gasteiger partial charge in [-0.2, -0.15) is 15.0 Å². The minimum atomic E-state index is -1.98. The first-order chi connectivity index (χ1) is 31.5. The minimum absolute atomic E-state index is 0.0527. The number of fused-ring (bicyclic) bond motifs is 6. The van der Waals surface area contributed by atoms with Crippen LogP contribution in [0.25, 0.3) is 66.9 Å². The van der Waals surface area contributed by atoms with E-state index >= 15 is 0 Å². The lowest BCUT2D eigenvalue weighted by atomic mass is 9.79. The zero-order chi connectivity index (χ0) is 44.5. The summed E-state index contributed by atoms with van der Waals surface area (Å²) in [5.74, 6) is 1.74. The molecule has 0 fully saturated rings. The molecule has 0 unspecified atom stereocenters. The highest BCUT2D eigenvalue weighted by atomic mass is 32.3. The van der Waals surface area contributed by atoms with Gasteiger partial charge in [-0.05, 0) is 94.8 Å². The Kier molecular flexibility index (Phi) is 9.63. The summed E-state index contributed by atoms with van der Waals surface area (Å²) < 4.78 is 4.52. The van der Waals surface area contributed by atoms with Crippen molar-refractivity contribution in [3.63, 3.8) is 0 Å². The fourth-order valence-electron chi connectivity index (χ4n) is 9.65.